The molecule has 2 nitrogen and oxygen atoms in total. The Balaban J connectivity index is 2.20. The number of rotatable bonds is 2. The zero-order valence-electron chi connectivity index (χ0n) is 8.37. The third-order valence-electron chi connectivity index (χ3n) is 2.68. The van der Waals surface area contributed by atoms with Crippen molar-refractivity contribution in [3.8, 4) is 11.8 Å². The van der Waals surface area contributed by atoms with E-state index >= 15 is 0 Å². The zero-order chi connectivity index (χ0) is 10.7. The second-order valence-corrected chi connectivity index (χ2v) is 4.16. The molecule has 15 heavy (non-hydrogen) atoms. The molecular formula is C12H12ClNO. The standard InChI is InChI=1S/C12H12ClNO/c13-11-6-3-7-12(10(11)8-14)15-9-4-1-2-5-9/h3,6-7,9H,1-2,4-5H2. The fourth-order valence-electron chi connectivity index (χ4n) is 1.90. The third-order valence-corrected chi connectivity index (χ3v) is 3.00. The largest absolute Gasteiger partial charge is 0.489 e. The number of hydrogen-bond acceptors (Lipinski definition) is 2. The molecule has 0 saturated heterocycles. The summed E-state index contributed by atoms with van der Waals surface area (Å²) >= 11 is 5.91. The van der Waals surface area contributed by atoms with Crippen LogP contribution in [0.3, 0.4) is 0 Å². The van der Waals surface area contributed by atoms with Crippen molar-refractivity contribution in [2.45, 2.75) is 31.8 Å². The molecule has 1 aromatic rings. The number of halogens is 1. The summed E-state index contributed by atoms with van der Waals surface area (Å²) in [7, 11) is 0. The Hall–Kier alpha value is -1.20. The Bertz CT molecular complexity index is 391. The highest BCUT2D eigenvalue weighted by Gasteiger charge is 2.18. The summed E-state index contributed by atoms with van der Waals surface area (Å²) in [4.78, 5) is 0. The Labute approximate surface area is 94.4 Å². The molecule has 0 spiro atoms. The lowest BCUT2D eigenvalue weighted by atomic mass is 10.2. The summed E-state index contributed by atoms with van der Waals surface area (Å²) < 4.78 is 5.77. The van der Waals surface area contributed by atoms with E-state index in [1.807, 2.05) is 12.1 Å². The van der Waals surface area contributed by atoms with Crippen LogP contribution >= 0.6 is 11.6 Å². The summed E-state index contributed by atoms with van der Waals surface area (Å²) in [6.07, 6.45) is 4.85. The molecule has 1 saturated carbocycles. The van der Waals surface area contributed by atoms with Crippen molar-refractivity contribution in [2.24, 2.45) is 0 Å². The van der Waals surface area contributed by atoms with Gasteiger partial charge in [-0.2, -0.15) is 5.26 Å². The number of nitrogens with zero attached hydrogens (tertiary/aromatic N) is 1. The van der Waals surface area contributed by atoms with Gasteiger partial charge in [0.15, 0.2) is 0 Å². The van der Waals surface area contributed by atoms with Crippen LogP contribution < -0.4 is 4.74 Å². The maximum absolute atomic E-state index is 8.96. The van der Waals surface area contributed by atoms with Crippen molar-refractivity contribution in [2.75, 3.05) is 0 Å². The first-order valence-corrected chi connectivity index (χ1v) is 5.54. The lowest BCUT2D eigenvalue weighted by molar-refractivity contribution is 0.209. The van der Waals surface area contributed by atoms with E-state index in [0.29, 0.717) is 16.3 Å². The van der Waals surface area contributed by atoms with Crippen LogP contribution in [0.4, 0.5) is 0 Å². The first kappa shape index (κ1) is 10.3. The van der Waals surface area contributed by atoms with Gasteiger partial charge in [-0.15, -0.1) is 0 Å². The van der Waals surface area contributed by atoms with E-state index < -0.39 is 0 Å². The van der Waals surface area contributed by atoms with E-state index in [9.17, 15) is 0 Å². The van der Waals surface area contributed by atoms with Crippen molar-refractivity contribution in [3.63, 3.8) is 0 Å². The van der Waals surface area contributed by atoms with E-state index in [1.54, 1.807) is 6.07 Å². The van der Waals surface area contributed by atoms with Gasteiger partial charge in [-0.1, -0.05) is 17.7 Å². The topological polar surface area (TPSA) is 33.0 Å². The fourth-order valence-corrected chi connectivity index (χ4v) is 2.10. The predicted octanol–water partition coefficient (Wildman–Crippen LogP) is 3.53. The molecule has 0 bridgehead atoms. The number of hydrogen-bond donors (Lipinski definition) is 0. The van der Waals surface area contributed by atoms with Crippen LogP contribution in [-0.4, -0.2) is 6.10 Å². The van der Waals surface area contributed by atoms with Gasteiger partial charge in [0.05, 0.1) is 11.1 Å². The van der Waals surface area contributed by atoms with Crippen molar-refractivity contribution in [1.29, 1.82) is 5.26 Å². The molecule has 1 fully saturated rings. The minimum Gasteiger partial charge on any atom is -0.489 e. The molecule has 1 aliphatic carbocycles. The molecule has 3 heteroatoms. The number of nitriles is 1. The average molecular weight is 222 g/mol. The maximum atomic E-state index is 8.96. The van der Waals surface area contributed by atoms with Crippen molar-refractivity contribution >= 4 is 11.6 Å². The molecule has 1 aliphatic rings. The van der Waals surface area contributed by atoms with Crippen LogP contribution in [-0.2, 0) is 0 Å². The smallest absolute Gasteiger partial charge is 0.139 e. The first-order chi connectivity index (χ1) is 7.31. The Kier molecular flexibility index (Phi) is 3.13. The van der Waals surface area contributed by atoms with Crippen LogP contribution in [0.15, 0.2) is 18.2 Å². The third kappa shape index (κ3) is 2.24. The van der Waals surface area contributed by atoms with Gasteiger partial charge < -0.3 is 4.74 Å². The van der Waals surface area contributed by atoms with Crippen LogP contribution in [0.2, 0.25) is 5.02 Å². The van der Waals surface area contributed by atoms with Gasteiger partial charge in [0.25, 0.3) is 0 Å². The molecular weight excluding hydrogens is 210 g/mol. The lowest BCUT2D eigenvalue weighted by Gasteiger charge is -2.14. The Morgan fingerprint density at radius 2 is 2.07 bits per heavy atom. The molecule has 0 N–H and O–H groups in total. The monoisotopic (exact) mass is 221 g/mol. The van der Waals surface area contributed by atoms with Crippen LogP contribution in [0, 0.1) is 11.3 Å². The first-order valence-electron chi connectivity index (χ1n) is 5.16. The highest BCUT2D eigenvalue weighted by Crippen LogP contribution is 2.29. The van der Waals surface area contributed by atoms with E-state index in [1.165, 1.54) is 12.8 Å². The fraction of sp³-hybridized carbons (Fsp3) is 0.417. The Morgan fingerprint density at radius 1 is 1.33 bits per heavy atom. The molecule has 78 valence electrons. The average Bonchev–Trinajstić information content (AvgIpc) is 2.71. The van der Waals surface area contributed by atoms with Gasteiger partial charge in [-0.3, -0.25) is 0 Å². The Morgan fingerprint density at radius 3 is 2.73 bits per heavy atom. The summed E-state index contributed by atoms with van der Waals surface area (Å²) in [5.41, 5.74) is 0.450. The predicted molar refractivity (Wildman–Crippen MR) is 59.1 cm³/mol. The summed E-state index contributed by atoms with van der Waals surface area (Å²) in [5, 5.41) is 9.42. The van der Waals surface area contributed by atoms with Gasteiger partial charge in [-0.05, 0) is 37.8 Å². The van der Waals surface area contributed by atoms with E-state index in [4.69, 9.17) is 21.6 Å². The van der Waals surface area contributed by atoms with Crippen molar-refractivity contribution in [1.82, 2.24) is 0 Å². The van der Waals surface area contributed by atoms with Crippen LogP contribution in [0.25, 0.3) is 0 Å². The normalized spacial score (nSPS) is 16.3. The minimum atomic E-state index is 0.260. The van der Waals surface area contributed by atoms with Crippen LogP contribution in [0.5, 0.6) is 5.75 Å². The maximum Gasteiger partial charge on any atom is 0.139 e. The van der Waals surface area contributed by atoms with Gasteiger partial charge in [0.1, 0.15) is 17.4 Å². The van der Waals surface area contributed by atoms with E-state index in [0.717, 1.165) is 12.8 Å². The summed E-state index contributed by atoms with van der Waals surface area (Å²) in [6, 6.07) is 7.41. The quantitative estimate of drug-likeness (QED) is 0.766. The highest BCUT2D eigenvalue weighted by atomic mass is 35.5. The number of ether oxygens (including phenoxy) is 1. The summed E-state index contributed by atoms with van der Waals surface area (Å²) in [5.74, 6) is 0.622. The molecule has 0 heterocycles. The zero-order valence-corrected chi connectivity index (χ0v) is 9.13. The molecule has 0 amide bonds. The van der Waals surface area contributed by atoms with Crippen molar-refractivity contribution in [3.05, 3.63) is 28.8 Å². The summed E-state index contributed by atoms with van der Waals surface area (Å²) in [6.45, 7) is 0. The van der Waals surface area contributed by atoms with Gasteiger partial charge in [-0.25, -0.2) is 0 Å². The molecule has 2 rings (SSSR count). The second kappa shape index (κ2) is 4.55. The van der Waals surface area contributed by atoms with E-state index in [-0.39, 0.29) is 6.10 Å². The SMILES string of the molecule is N#Cc1c(Cl)cccc1OC1CCCC1. The molecule has 0 radical (unpaired) electrons. The second-order valence-electron chi connectivity index (χ2n) is 3.75. The van der Waals surface area contributed by atoms with E-state index in [2.05, 4.69) is 6.07 Å². The number of benzene rings is 1. The molecule has 0 atom stereocenters. The molecule has 0 unspecified atom stereocenters. The van der Waals surface area contributed by atoms with Gasteiger partial charge in [0, 0.05) is 0 Å². The molecule has 1 aromatic carbocycles. The van der Waals surface area contributed by atoms with Gasteiger partial charge >= 0.3 is 0 Å². The highest BCUT2D eigenvalue weighted by molar-refractivity contribution is 6.31. The minimum absolute atomic E-state index is 0.260. The lowest BCUT2D eigenvalue weighted by Crippen LogP contribution is -2.11. The van der Waals surface area contributed by atoms with Gasteiger partial charge in [0.2, 0.25) is 0 Å². The molecule has 0 aromatic heterocycles. The van der Waals surface area contributed by atoms with Crippen LogP contribution in [0.1, 0.15) is 31.2 Å². The molecule has 0 aliphatic heterocycles. The van der Waals surface area contributed by atoms with Crippen molar-refractivity contribution < 1.29 is 4.74 Å².